The number of carbonyl (C=O) groups excluding carboxylic acids is 3. The monoisotopic (exact) mass is 403 g/mol. The van der Waals surface area contributed by atoms with Gasteiger partial charge in [-0.1, -0.05) is 42.0 Å². The number of benzene rings is 2. The van der Waals surface area contributed by atoms with Gasteiger partial charge in [-0.3, -0.25) is 14.4 Å². The molecule has 3 aliphatic rings. The summed E-state index contributed by atoms with van der Waals surface area (Å²) in [5.41, 5.74) is 1.42. The van der Waals surface area contributed by atoms with Gasteiger partial charge in [0.15, 0.2) is 0 Å². The predicted molar refractivity (Wildman–Crippen MR) is 109 cm³/mol. The van der Waals surface area contributed by atoms with E-state index in [0.29, 0.717) is 17.9 Å². The summed E-state index contributed by atoms with van der Waals surface area (Å²) in [4.78, 5) is 40.5. The molecule has 152 valence electrons. The zero-order valence-corrected chi connectivity index (χ0v) is 16.7. The van der Waals surface area contributed by atoms with Crippen molar-refractivity contribution in [1.82, 2.24) is 0 Å². The van der Waals surface area contributed by atoms with Crippen LogP contribution in [0.15, 0.2) is 66.2 Å². The van der Waals surface area contributed by atoms with Gasteiger partial charge in [-0.25, -0.2) is 0 Å². The van der Waals surface area contributed by atoms with E-state index in [2.05, 4.69) is 0 Å². The summed E-state index contributed by atoms with van der Waals surface area (Å²) in [6.07, 6.45) is 2.34. The molecular formula is C24H21NO5. The number of esters is 2. The number of fused-ring (bicyclic) bond motifs is 2. The smallest absolute Gasteiger partial charge is 0.319 e. The van der Waals surface area contributed by atoms with Crippen molar-refractivity contribution in [2.45, 2.75) is 19.4 Å². The molecular weight excluding hydrogens is 382 g/mol. The lowest BCUT2D eigenvalue weighted by Gasteiger charge is -2.58. The van der Waals surface area contributed by atoms with Gasteiger partial charge >= 0.3 is 11.9 Å². The lowest BCUT2D eigenvalue weighted by molar-refractivity contribution is -0.158. The molecule has 0 N–H and O–H groups in total. The van der Waals surface area contributed by atoms with Crippen molar-refractivity contribution in [2.75, 3.05) is 12.0 Å². The minimum atomic E-state index is -1.13. The summed E-state index contributed by atoms with van der Waals surface area (Å²) in [7, 11) is 1.59. The minimum Gasteiger partial charge on any atom is -0.497 e. The second-order valence-corrected chi connectivity index (χ2v) is 8.14. The van der Waals surface area contributed by atoms with Crippen LogP contribution in [0, 0.1) is 17.3 Å². The maximum absolute atomic E-state index is 13.7. The number of hydrogen-bond acceptors (Lipinski definition) is 5. The van der Waals surface area contributed by atoms with Crippen molar-refractivity contribution in [3.8, 4) is 5.75 Å². The molecule has 5 rings (SSSR count). The zero-order valence-electron chi connectivity index (χ0n) is 16.7. The third-order valence-corrected chi connectivity index (χ3v) is 6.47. The van der Waals surface area contributed by atoms with Crippen LogP contribution in [0.2, 0.25) is 0 Å². The van der Waals surface area contributed by atoms with Gasteiger partial charge in [0.25, 0.3) is 0 Å². The predicted octanol–water partition coefficient (Wildman–Crippen LogP) is 3.44. The zero-order chi connectivity index (χ0) is 21.0. The molecule has 0 radical (unpaired) electrons. The van der Waals surface area contributed by atoms with E-state index in [0.717, 1.165) is 11.1 Å². The van der Waals surface area contributed by atoms with Crippen molar-refractivity contribution in [3.05, 3.63) is 71.8 Å². The Morgan fingerprint density at radius 3 is 2.37 bits per heavy atom. The van der Waals surface area contributed by atoms with E-state index in [4.69, 9.17) is 9.47 Å². The average Bonchev–Trinajstić information content (AvgIpc) is 3.05. The molecule has 2 aromatic carbocycles. The number of carbonyl (C=O) groups is 3. The first kappa shape index (κ1) is 18.6. The van der Waals surface area contributed by atoms with Crippen LogP contribution < -0.4 is 9.64 Å². The van der Waals surface area contributed by atoms with Crippen molar-refractivity contribution >= 4 is 23.5 Å². The SMILES string of the molecule is COc1ccc(N2C(=O)[C@]3(C=C(C)C[C@H]4C(=O)OC(=O)[C@H]43)[C@@H]2c2ccccc2)cc1. The van der Waals surface area contributed by atoms with Gasteiger partial charge in [0.1, 0.15) is 11.2 Å². The molecule has 2 fully saturated rings. The van der Waals surface area contributed by atoms with Gasteiger partial charge in [-0.2, -0.15) is 0 Å². The molecule has 1 aliphatic carbocycles. The van der Waals surface area contributed by atoms with Gasteiger partial charge in [0, 0.05) is 5.69 Å². The Hall–Kier alpha value is -3.41. The topological polar surface area (TPSA) is 72.9 Å². The van der Waals surface area contributed by atoms with Crippen LogP contribution in [0.1, 0.15) is 24.9 Å². The molecule has 2 saturated heterocycles. The molecule has 30 heavy (non-hydrogen) atoms. The van der Waals surface area contributed by atoms with E-state index in [1.807, 2.05) is 55.5 Å². The van der Waals surface area contributed by atoms with E-state index in [-0.39, 0.29) is 5.91 Å². The van der Waals surface area contributed by atoms with E-state index >= 15 is 0 Å². The molecule has 0 unspecified atom stereocenters. The second kappa shape index (κ2) is 6.55. The van der Waals surface area contributed by atoms with Crippen molar-refractivity contribution < 1.29 is 23.9 Å². The Morgan fingerprint density at radius 2 is 1.70 bits per heavy atom. The van der Waals surface area contributed by atoms with E-state index < -0.39 is 35.2 Å². The number of amides is 1. The summed E-state index contributed by atoms with van der Waals surface area (Å²) in [5, 5.41) is 0. The van der Waals surface area contributed by atoms with Crippen LogP contribution in [-0.4, -0.2) is 25.0 Å². The van der Waals surface area contributed by atoms with E-state index in [1.165, 1.54) is 0 Å². The first-order valence-corrected chi connectivity index (χ1v) is 9.94. The molecule has 6 nitrogen and oxygen atoms in total. The van der Waals surface area contributed by atoms with E-state index in [9.17, 15) is 14.4 Å². The molecule has 1 amide bonds. The summed E-state index contributed by atoms with van der Waals surface area (Å²) in [6.45, 7) is 1.90. The number of β-lactam (4-membered cyclic amide) rings is 1. The lowest BCUT2D eigenvalue weighted by atomic mass is 9.54. The number of methoxy groups -OCH3 is 1. The van der Waals surface area contributed by atoms with Crippen LogP contribution in [0.5, 0.6) is 5.75 Å². The summed E-state index contributed by atoms with van der Waals surface area (Å²) in [6, 6.07) is 16.5. The number of allylic oxidation sites excluding steroid dienone is 1. The minimum absolute atomic E-state index is 0.192. The first-order valence-electron chi connectivity index (χ1n) is 9.94. The number of ether oxygens (including phenoxy) is 2. The lowest BCUT2D eigenvalue weighted by Crippen LogP contribution is -2.68. The van der Waals surface area contributed by atoms with Gasteiger partial charge in [-0.05, 0) is 43.2 Å². The maximum atomic E-state index is 13.7. The van der Waals surface area contributed by atoms with Gasteiger partial charge in [-0.15, -0.1) is 0 Å². The highest BCUT2D eigenvalue weighted by molar-refractivity contribution is 6.12. The molecule has 0 aromatic heterocycles. The standard InChI is InChI=1S/C24H21NO5/c1-14-12-18-19(22(27)30-21(18)26)24(13-14)20(15-6-4-3-5-7-15)25(23(24)28)16-8-10-17(29-2)11-9-16/h3-11,13,18-20H,12H2,1-2H3/t18-,19+,20+,24+/m1/s1. The fourth-order valence-electron chi connectivity index (χ4n) is 5.27. The largest absolute Gasteiger partial charge is 0.497 e. The normalized spacial score (nSPS) is 29.9. The second-order valence-electron chi connectivity index (χ2n) is 8.14. The fraction of sp³-hybridized carbons (Fsp3) is 0.292. The van der Waals surface area contributed by atoms with Crippen LogP contribution in [0.3, 0.4) is 0 Å². The highest BCUT2D eigenvalue weighted by atomic mass is 16.6. The molecule has 2 aliphatic heterocycles. The number of nitrogens with zero attached hydrogens (tertiary/aromatic N) is 1. The Bertz CT molecular complexity index is 1070. The Morgan fingerprint density at radius 1 is 1.00 bits per heavy atom. The fourth-order valence-corrected chi connectivity index (χ4v) is 5.27. The van der Waals surface area contributed by atoms with Gasteiger partial charge in [0.05, 0.1) is 25.0 Å². The maximum Gasteiger partial charge on any atom is 0.319 e. The van der Waals surface area contributed by atoms with Crippen molar-refractivity contribution in [1.29, 1.82) is 0 Å². The number of hydrogen-bond donors (Lipinski definition) is 0. The first-order chi connectivity index (χ1) is 14.5. The average molecular weight is 403 g/mol. The molecule has 4 atom stereocenters. The number of rotatable bonds is 3. The Balaban J connectivity index is 1.68. The Labute approximate surface area is 174 Å². The van der Waals surface area contributed by atoms with Crippen LogP contribution >= 0.6 is 0 Å². The third kappa shape index (κ3) is 2.39. The molecule has 1 spiro atoms. The van der Waals surface area contributed by atoms with Crippen LogP contribution in [0.4, 0.5) is 5.69 Å². The van der Waals surface area contributed by atoms with Gasteiger partial charge < -0.3 is 14.4 Å². The summed E-state index contributed by atoms with van der Waals surface area (Å²) >= 11 is 0. The highest BCUT2D eigenvalue weighted by Gasteiger charge is 2.71. The molecule has 2 heterocycles. The van der Waals surface area contributed by atoms with Gasteiger partial charge in [0.2, 0.25) is 5.91 Å². The third-order valence-electron chi connectivity index (χ3n) is 6.47. The number of cyclic esters (lactones) is 2. The quantitative estimate of drug-likeness (QED) is 0.340. The molecule has 0 saturated carbocycles. The highest BCUT2D eigenvalue weighted by Crippen LogP contribution is 2.63. The van der Waals surface area contributed by atoms with Crippen molar-refractivity contribution in [2.24, 2.45) is 17.3 Å². The molecule has 6 heteroatoms. The summed E-state index contributed by atoms with van der Waals surface area (Å²) in [5.74, 6) is -2.05. The van der Waals surface area contributed by atoms with Crippen LogP contribution in [-0.2, 0) is 19.1 Å². The van der Waals surface area contributed by atoms with E-state index in [1.54, 1.807) is 24.1 Å². The Kier molecular flexibility index (Phi) is 4.07. The molecule has 2 aromatic rings. The van der Waals surface area contributed by atoms with Crippen molar-refractivity contribution in [3.63, 3.8) is 0 Å². The number of anilines is 1. The van der Waals surface area contributed by atoms with Crippen LogP contribution in [0.25, 0.3) is 0 Å². The molecule has 0 bridgehead atoms. The summed E-state index contributed by atoms with van der Waals surface area (Å²) < 4.78 is 10.2.